The molecule has 0 heterocycles. The zero-order chi connectivity index (χ0) is 16.7. The predicted octanol–water partition coefficient (Wildman–Crippen LogP) is 4.37. The number of benzene rings is 2. The Kier molecular flexibility index (Phi) is 6.86. The van der Waals surface area contributed by atoms with Crippen LogP contribution in [0.15, 0.2) is 46.9 Å². The SMILES string of the molecule is O=C(COc1ccc(Cl)cc1Br)NCCCc1ccc(F)cc1. The molecule has 0 aliphatic rings. The maximum absolute atomic E-state index is 12.8. The molecule has 0 saturated heterocycles. The zero-order valence-corrected chi connectivity index (χ0v) is 14.7. The third-order valence-corrected chi connectivity index (χ3v) is 3.99. The average Bonchev–Trinajstić information content (AvgIpc) is 2.52. The summed E-state index contributed by atoms with van der Waals surface area (Å²) in [6.07, 6.45) is 1.56. The molecule has 0 aliphatic heterocycles. The van der Waals surface area contributed by atoms with Gasteiger partial charge >= 0.3 is 0 Å². The van der Waals surface area contributed by atoms with Crippen LogP contribution in [0, 0.1) is 5.82 Å². The van der Waals surface area contributed by atoms with Crippen molar-refractivity contribution >= 4 is 33.4 Å². The van der Waals surface area contributed by atoms with Crippen molar-refractivity contribution in [1.82, 2.24) is 5.32 Å². The minimum absolute atomic E-state index is 0.0587. The molecule has 0 saturated carbocycles. The quantitative estimate of drug-likeness (QED) is 0.701. The second-order valence-corrected chi connectivity index (χ2v) is 6.23. The van der Waals surface area contributed by atoms with E-state index >= 15 is 0 Å². The minimum atomic E-state index is -0.243. The molecule has 0 aromatic heterocycles. The smallest absolute Gasteiger partial charge is 0.257 e. The fraction of sp³-hybridized carbons (Fsp3) is 0.235. The van der Waals surface area contributed by atoms with Crippen LogP contribution < -0.4 is 10.1 Å². The van der Waals surface area contributed by atoms with Gasteiger partial charge in [-0.1, -0.05) is 23.7 Å². The Morgan fingerprint density at radius 1 is 1.22 bits per heavy atom. The van der Waals surface area contributed by atoms with E-state index in [2.05, 4.69) is 21.2 Å². The monoisotopic (exact) mass is 399 g/mol. The summed E-state index contributed by atoms with van der Waals surface area (Å²) in [4.78, 5) is 11.7. The molecule has 3 nitrogen and oxygen atoms in total. The molecule has 122 valence electrons. The van der Waals surface area contributed by atoms with E-state index in [0.29, 0.717) is 21.8 Å². The van der Waals surface area contributed by atoms with Crippen molar-refractivity contribution < 1.29 is 13.9 Å². The van der Waals surface area contributed by atoms with Gasteiger partial charge in [-0.15, -0.1) is 0 Å². The normalized spacial score (nSPS) is 10.4. The van der Waals surface area contributed by atoms with Crippen LogP contribution in [0.2, 0.25) is 5.02 Å². The molecule has 0 bridgehead atoms. The molecule has 0 fully saturated rings. The third-order valence-electron chi connectivity index (χ3n) is 3.13. The first-order chi connectivity index (χ1) is 11.0. The largest absolute Gasteiger partial charge is 0.483 e. The van der Waals surface area contributed by atoms with E-state index in [0.717, 1.165) is 18.4 Å². The van der Waals surface area contributed by atoms with Gasteiger partial charge in [0.25, 0.3) is 5.91 Å². The van der Waals surface area contributed by atoms with Gasteiger partial charge in [-0.3, -0.25) is 4.79 Å². The Bertz CT molecular complexity index is 664. The van der Waals surface area contributed by atoms with Gasteiger partial charge in [-0.25, -0.2) is 4.39 Å². The lowest BCUT2D eigenvalue weighted by molar-refractivity contribution is -0.123. The summed E-state index contributed by atoms with van der Waals surface area (Å²) in [5, 5.41) is 3.38. The van der Waals surface area contributed by atoms with Crippen LogP contribution in [-0.2, 0) is 11.2 Å². The first-order valence-corrected chi connectivity index (χ1v) is 8.30. The summed E-state index contributed by atoms with van der Waals surface area (Å²) in [6, 6.07) is 11.5. The molecule has 23 heavy (non-hydrogen) atoms. The van der Waals surface area contributed by atoms with E-state index in [1.807, 2.05) is 0 Å². The second-order valence-electron chi connectivity index (χ2n) is 4.94. The molecule has 0 radical (unpaired) electrons. The molecule has 0 atom stereocenters. The van der Waals surface area contributed by atoms with E-state index in [-0.39, 0.29) is 18.3 Å². The van der Waals surface area contributed by atoms with Gasteiger partial charge < -0.3 is 10.1 Å². The van der Waals surface area contributed by atoms with Crippen LogP contribution in [0.1, 0.15) is 12.0 Å². The van der Waals surface area contributed by atoms with E-state index < -0.39 is 0 Å². The summed E-state index contributed by atoms with van der Waals surface area (Å²) >= 11 is 9.16. The maximum Gasteiger partial charge on any atom is 0.257 e. The molecule has 0 unspecified atom stereocenters. The van der Waals surface area contributed by atoms with Crippen LogP contribution in [0.3, 0.4) is 0 Å². The van der Waals surface area contributed by atoms with Gasteiger partial charge in [-0.05, 0) is 64.7 Å². The molecule has 2 rings (SSSR count). The Morgan fingerprint density at radius 2 is 1.96 bits per heavy atom. The summed E-state index contributed by atoms with van der Waals surface area (Å²) < 4.78 is 18.9. The van der Waals surface area contributed by atoms with Crippen molar-refractivity contribution in [2.45, 2.75) is 12.8 Å². The first kappa shape index (κ1) is 17.8. The van der Waals surface area contributed by atoms with Crippen LogP contribution in [0.4, 0.5) is 4.39 Å². The van der Waals surface area contributed by atoms with Crippen molar-refractivity contribution in [2.24, 2.45) is 0 Å². The Morgan fingerprint density at radius 3 is 2.65 bits per heavy atom. The Hall–Kier alpha value is -1.59. The molecule has 1 N–H and O–H groups in total. The molecular formula is C17H16BrClFNO2. The molecule has 2 aromatic rings. The van der Waals surface area contributed by atoms with Gasteiger partial charge in [0, 0.05) is 11.6 Å². The maximum atomic E-state index is 12.8. The van der Waals surface area contributed by atoms with Gasteiger partial charge in [0.1, 0.15) is 11.6 Å². The standard InChI is InChI=1S/C17H16BrClFNO2/c18-15-10-13(19)5-8-16(15)23-11-17(22)21-9-1-2-12-3-6-14(20)7-4-12/h3-8,10H,1-2,9,11H2,(H,21,22). The molecule has 1 amide bonds. The number of carbonyl (C=O) groups is 1. The average molecular weight is 401 g/mol. The van der Waals surface area contributed by atoms with Crippen molar-refractivity contribution in [3.63, 3.8) is 0 Å². The van der Waals surface area contributed by atoms with Crippen LogP contribution >= 0.6 is 27.5 Å². The molecule has 2 aromatic carbocycles. The van der Waals surface area contributed by atoms with Crippen molar-refractivity contribution in [2.75, 3.05) is 13.2 Å². The van der Waals surface area contributed by atoms with E-state index in [1.54, 1.807) is 30.3 Å². The Balaban J connectivity index is 1.66. The molecular weight excluding hydrogens is 385 g/mol. The summed E-state index contributed by atoms with van der Waals surface area (Å²) in [6.45, 7) is 0.484. The summed E-state index contributed by atoms with van der Waals surface area (Å²) in [5.74, 6) is 0.134. The number of aryl methyl sites for hydroxylation is 1. The number of ether oxygens (including phenoxy) is 1. The number of rotatable bonds is 7. The fourth-order valence-corrected chi connectivity index (χ4v) is 2.76. The number of hydrogen-bond acceptors (Lipinski definition) is 2. The molecule has 0 aliphatic carbocycles. The first-order valence-electron chi connectivity index (χ1n) is 7.13. The highest BCUT2D eigenvalue weighted by molar-refractivity contribution is 9.10. The number of hydrogen-bond donors (Lipinski definition) is 1. The topological polar surface area (TPSA) is 38.3 Å². The lowest BCUT2D eigenvalue weighted by atomic mass is 10.1. The van der Waals surface area contributed by atoms with Gasteiger partial charge in [0.2, 0.25) is 0 Å². The number of halogens is 3. The van der Waals surface area contributed by atoms with Crippen molar-refractivity contribution in [1.29, 1.82) is 0 Å². The van der Waals surface area contributed by atoms with Crippen LogP contribution in [-0.4, -0.2) is 19.1 Å². The van der Waals surface area contributed by atoms with E-state index in [9.17, 15) is 9.18 Å². The van der Waals surface area contributed by atoms with Crippen molar-refractivity contribution in [3.05, 3.63) is 63.3 Å². The highest BCUT2D eigenvalue weighted by atomic mass is 79.9. The summed E-state index contributed by atoms with van der Waals surface area (Å²) in [7, 11) is 0. The summed E-state index contributed by atoms with van der Waals surface area (Å²) in [5.41, 5.74) is 1.04. The third kappa shape index (κ3) is 6.20. The lowest BCUT2D eigenvalue weighted by Crippen LogP contribution is -2.29. The van der Waals surface area contributed by atoms with E-state index in [1.165, 1.54) is 12.1 Å². The number of carbonyl (C=O) groups excluding carboxylic acids is 1. The predicted molar refractivity (Wildman–Crippen MR) is 92.4 cm³/mol. The molecule has 0 spiro atoms. The Labute approximate surface area is 147 Å². The number of amides is 1. The van der Waals surface area contributed by atoms with Gasteiger partial charge in [0.15, 0.2) is 6.61 Å². The lowest BCUT2D eigenvalue weighted by Gasteiger charge is -2.09. The van der Waals surface area contributed by atoms with Crippen molar-refractivity contribution in [3.8, 4) is 5.75 Å². The van der Waals surface area contributed by atoms with E-state index in [4.69, 9.17) is 16.3 Å². The van der Waals surface area contributed by atoms with Crippen LogP contribution in [0.5, 0.6) is 5.75 Å². The highest BCUT2D eigenvalue weighted by Gasteiger charge is 2.06. The van der Waals surface area contributed by atoms with Gasteiger partial charge in [-0.2, -0.15) is 0 Å². The minimum Gasteiger partial charge on any atom is -0.483 e. The zero-order valence-electron chi connectivity index (χ0n) is 12.3. The highest BCUT2D eigenvalue weighted by Crippen LogP contribution is 2.27. The van der Waals surface area contributed by atoms with Gasteiger partial charge in [0.05, 0.1) is 4.47 Å². The fourth-order valence-electron chi connectivity index (χ4n) is 1.96. The number of nitrogens with one attached hydrogen (secondary N) is 1. The second kappa shape index (κ2) is 8.89. The molecule has 6 heteroatoms. The van der Waals surface area contributed by atoms with Crippen LogP contribution in [0.25, 0.3) is 0 Å².